The molecule has 0 N–H and O–H groups in total. The van der Waals surface area contributed by atoms with Crippen LogP contribution in [0, 0.1) is 19.8 Å². The van der Waals surface area contributed by atoms with Crippen LogP contribution in [0.3, 0.4) is 0 Å². The molecule has 0 spiro atoms. The fourth-order valence-corrected chi connectivity index (χ4v) is 6.89. The summed E-state index contributed by atoms with van der Waals surface area (Å²) in [6, 6.07) is 7.64. The van der Waals surface area contributed by atoms with Crippen LogP contribution in [0.25, 0.3) is 6.08 Å². The third kappa shape index (κ3) is 11.7. The number of aryl methyl sites for hydroxylation is 2. The van der Waals surface area contributed by atoms with Gasteiger partial charge in [-0.15, -0.1) is 0 Å². The van der Waals surface area contributed by atoms with Crippen molar-refractivity contribution in [1.29, 1.82) is 0 Å². The molecule has 0 bridgehead atoms. The number of allylic oxidation sites excluding steroid dienone is 2. The van der Waals surface area contributed by atoms with Crippen LogP contribution in [0.2, 0.25) is 0 Å². The lowest BCUT2D eigenvalue weighted by molar-refractivity contribution is 0.0646. The van der Waals surface area contributed by atoms with Crippen LogP contribution in [0.5, 0.6) is 11.5 Å². The number of hydrogen-bond donors (Lipinski definition) is 0. The summed E-state index contributed by atoms with van der Waals surface area (Å²) in [5.74, 6) is 1.17. The third-order valence-electron chi connectivity index (χ3n) is 7.65. The average Bonchev–Trinajstić information content (AvgIpc) is 2.98. The summed E-state index contributed by atoms with van der Waals surface area (Å²) < 4.78 is 32.0. The minimum atomic E-state index is -0.822. The van der Waals surface area contributed by atoms with Crippen LogP contribution in [-0.2, 0) is 25.6 Å². The second-order valence-corrected chi connectivity index (χ2v) is 15.2. The van der Waals surface area contributed by atoms with Crippen molar-refractivity contribution < 1.29 is 42.8 Å². The summed E-state index contributed by atoms with van der Waals surface area (Å²) in [4.78, 5) is 36.7. The van der Waals surface area contributed by atoms with Gasteiger partial charge in [0.1, 0.15) is 24.7 Å². The molecule has 9 nitrogen and oxygen atoms in total. The normalized spacial score (nSPS) is 16.0. The van der Waals surface area contributed by atoms with E-state index in [0.717, 1.165) is 52.7 Å². The second kappa shape index (κ2) is 18.7. The minimum absolute atomic E-state index is 0.0405. The fraction of sp³-hybridized carbons (Fsp3) is 0.472. The van der Waals surface area contributed by atoms with Gasteiger partial charge in [-0.05, 0) is 114 Å². The van der Waals surface area contributed by atoms with Gasteiger partial charge in [0.05, 0.1) is 13.2 Å². The standard InChI is InChI=1S/C36H44I2O9/c1-8-42-34(39)44-19-26-10-12-27(13-11-26)23(5)18-28-14-21(3)16-30(32(28)24(6)37)47-36(41)45-20-29-15-22(4)17-31(33(29)25(7)38)46-35(40)43-9-2/h10,14-18,24-25,27H,8-9,11-13,19-20H2,1-7H3. The molecule has 0 amide bonds. The summed E-state index contributed by atoms with van der Waals surface area (Å²) in [6.07, 6.45) is 4.72. The van der Waals surface area contributed by atoms with Crippen molar-refractivity contribution in [3.63, 3.8) is 0 Å². The Bertz CT molecular complexity index is 1490. The van der Waals surface area contributed by atoms with Crippen molar-refractivity contribution in [3.8, 4) is 11.5 Å². The van der Waals surface area contributed by atoms with Crippen LogP contribution in [0.4, 0.5) is 14.4 Å². The fourth-order valence-electron chi connectivity index (χ4n) is 5.51. The van der Waals surface area contributed by atoms with Crippen molar-refractivity contribution in [2.24, 2.45) is 5.92 Å². The average molecular weight is 875 g/mol. The Hall–Kier alpha value is -2.81. The van der Waals surface area contributed by atoms with Gasteiger partial charge in [0.15, 0.2) is 0 Å². The number of rotatable bonds is 12. The summed E-state index contributed by atoms with van der Waals surface area (Å²) in [6.45, 7) is 14.1. The van der Waals surface area contributed by atoms with Crippen LogP contribution < -0.4 is 9.47 Å². The molecule has 3 unspecified atom stereocenters. The first-order chi connectivity index (χ1) is 22.3. The molecule has 0 saturated heterocycles. The predicted octanol–water partition coefficient (Wildman–Crippen LogP) is 10.8. The monoisotopic (exact) mass is 874 g/mol. The number of ether oxygens (including phenoxy) is 6. The van der Waals surface area contributed by atoms with Crippen molar-refractivity contribution in [2.75, 3.05) is 19.8 Å². The second-order valence-electron chi connectivity index (χ2n) is 11.5. The minimum Gasteiger partial charge on any atom is -0.435 e. The zero-order chi connectivity index (χ0) is 34.7. The smallest absolute Gasteiger partial charge is 0.435 e. The number of hydrogen-bond acceptors (Lipinski definition) is 9. The lowest BCUT2D eigenvalue weighted by Crippen LogP contribution is -2.15. The van der Waals surface area contributed by atoms with Gasteiger partial charge in [-0.1, -0.05) is 75.0 Å². The maximum absolute atomic E-state index is 13.1. The lowest BCUT2D eigenvalue weighted by atomic mass is 9.84. The number of carbonyl (C=O) groups excluding carboxylic acids is 3. The van der Waals surface area contributed by atoms with Gasteiger partial charge in [0.2, 0.25) is 0 Å². The molecule has 1 aliphatic carbocycles. The Labute approximate surface area is 305 Å². The van der Waals surface area contributed by atoms with Gasteiger partial charge < -0.3 is 28.4 Å². The van der Waals surface area contributed by atoms with E-state index in [1.807, 2.05) is 32.9 Å². The molecule has 0 aliphatic heterocycles. The summed E-state index contributed by atoms with van der Waals surface area (Å²) in [7, 11) is 0. The number of alkyl halides is 2. The molecule has 0 heterocycles. The van der Waals surface area contributed by atoms with E-state index < -0.39 is 18.5 Å². The summed E-state index contributed by atoms with van der Waals surface area (Å²) in [5, 5.41) is 0. The summed E-state index contributed by atoms with van der Waals surface area (Å²) >= 11 is 4.56. The van der Waals surface area contributed by atoms with Crippen LogP contribution >= 0.6 is 45.2 Å². The molecule has 3 rings (SSSR count). The van der Waals surface area contributed by atoms with E-state index in [4.69, 9.17) is 28.4 Å². The van der Waals surface area contributed by atoms with E-state index in [9.17, 15) is 14.4 Å². The molecule has 256 valence electrons. The van der Waals surface area contributed by atoms with Crippen molar-refractivity contribution in [1.82, 2.24) is 0 Å². The Balaban J connectivity index is 1.77. The van der Waals surface area contributed by atoms with Gasteiger partial charge in [-0.25, -0.2) is 14.4 Å². The zero-order valence-corrected chi connectivity index (χ0v) is 32.4. The third-order valence-corrected chi connectivity index (χ3v) is 8.90. The van der Waals surface area contributed by atoms with E-state index in [1.165, 1.54) is 5.57 Å². The topological polar surface area (TPSA) is 107 Å². The number of halogens is 2. The van der Waals surface area contributed by atoms with Crippen molar-refractivity contribution in [2.45, 2.75) is 82.2 Å². The molecular formula is C36H44I2O9. The highest BCUT2D eigenvalue weighted by molar-refractivity contribution is 14.1. The molecule has 0 saturated carbocycles. The molecule has 47 heavy (non-hydrogen) atoms. The Morgan fingerprint density at radius 3 is 1.94 bits per heavy atom. The van der Waals surface area contributed by atoms with Crippen molar-refractivity contribution in [3.05, 3.63) is 74.9 Å². The highest BCUT2D eigenvalue weighted by Crippen LogP contribution is 2.39. The molecule has 2 aromatic rings. The van der Waals surface area contributed by atoms with E-state index >= 15 is 0 Å². The number of carbonyl (C=O) groups is 3. The highest BCUT2D eigenvalue weighted by atomic mass is 127. The van der Waals surface area contributed by atoms with E-state index in [2.05, 4.69) is 77.2 Å². The summed E-state index contributed by atoms with van der Waals surface area (Å²) in [5.41, 5.74) is 7.48. The maximum Gasteiger partial charge on any atom is 0.514 e. The molecule has 3 atom stereocenters. The molecule has 0 radical (unpaired) electrons. The molecule has 11 heteroatoms. The zero-order valence-electron chi connectivity index (χ0n) is 28.1. The van der Waals surface area contributed by atoms with Gasteiger partial charge in [0, 0.05) is 19.0 Å². The van der Waals surface area contributed by atoms with Gasteiger partial charge >= 0.3 is 18.5 Å². The first-order valence-corrected chi connectivity index (χ1v) is 18.2. The Morgan fingerprint density at radius 2 is 1.36 bits per heavy atom. The van der Waals surface area contributed by atoms with E-state index in [0.29, 0.717) is 23.0 Å². The number of benzene rings is 2. The lowest BCUT2D eigenvalue weighted by Gasteiger charge is -2.23. The van der Waals surface area contributed by atoms with Crippen LogP contribution in [0.15, 0.2) is 41.5 Å². The SMILES string of the molecule is CCOC(=O)OCC1=CCC(C(C)=Cc2cc(C)cc(OC(=O)OCc3cc(C)cc(OC(=O)OCC)c3C(C)I)c2C(C)I)CC1. The van der Waals surface area contributed by atoms with E-state index in [1.54, 1.807) is 19.9 Å². The quantitative estimate of drug-likeness (QED) is 0.0514. The largest absolute Gasteiger partial charge is 0.514 e. The predicted molar refractivity (Wildman–Crippen MR) is 198 cm³/mol. The first-order valence-electron chi connectivity index (χ1n) is 15.7. The van der Waals surface area contributed by atoms with Crippen LogP contribution in [0.1, 0.15) is 95.1 Å². The molecule has 1 aliphatic rings. The van der Waals surface area contributed by atoms with Crippen molar-refractivity contribution >= 4 is 69.7 Å². The highest BCUT2D eigenvalue weighted by Gasteiger charge is 2.23. The first kappa shape index (κ1) is 38.6. The maximum atomic E-state index is 13.1. The molecule has 0 fully saturated rings. The molecule has 0 aromatic heterocycles. The molecular weight excluding hydrogens is 830 g/mol. The Morgan fingerprint density at radius 1 is 0.809 bits per heavy atom. The van der Waals surface area contributed by atoms with Gasteiger partial charge in [-0.3, -0.25) is 0 Å². The van der Waals surface area contributed by atoms with Crippen LogP contribution in [-0.4, -0.2) is 38.3 Å². The Kier molecular flexibility index (Phi) is 15.3. The van der Waals surface area contributed by atoms with Gasteiger partial charge in [-0.2, -0.15) is 0 Å². The van der Waals surface area contributed by atoms with Gasteiger partial charge in [0.25, 0.3) is 0 Å². The molecule has 2 aromatic carbocycles. The van der Waals surface area contributed by atoms with E-state index in [-0.39, 0.29) is 34.3 Å².